The first-order valence-electron chi connectivity index (χ1n) is 10.2. The molecular weight excluding hydrogens is 392 g/mol. The summed E-state index contributed by atoms with van der Waals surface area (Å²) in [6, 6.07) is 13.4. The third-order valence-electron chi connectivity index (χ3n) is 5.27. The number of hydrogen-bond acceptors (Lipinski definition) is 6. The molecule has 0 unspecified atom stereocenters. The Balaban J connectivity index is 1.30. The van der Waals surface area contributed by atoms with Gasteiger partial charge in [-0.3, -0.25) is 9.78 Å². The van der Waals surface area contributed by atoms with Crippen LogP contribution in [0, 0.1) is 5.92 Å². The van der Waals surface area contributed by atoms with Crippen LogP contribution in [0.25, 0.3) is 16.8 Å². The summed E-state index contributed by atoms with van der Waals surface area (Å²) in [5, 5.41) is 7.04. The average Bonchev–Trinajstić information content (AvgIpc) is 3.55. The molecule has 8 heteroatoms. The van der Waals surface area contributed by atoms with Crippen LogP contribution in [-0.2, 0) is 6.54 Å². The van der Waals surface area contributed by atoms with Crippen molar-refractivity contribution >= 4 is 17.5 Å². The van der Waals surface area contributed by atoms with E-state index < -0.39 is 0 Å². The molecule has 1 aliphatic carbocycles. The Kier molecular flexibility index (Phi) is 4.95. The van der Waals surface area contributed by atoms with Crippen molar-refractivity contribution in [2.75, 3.05) is 12.3 Å². The minimum atomic E-state index is -0.195. The van der Waals surface area contributed by atoms with Crippen LogP contribution in [0.15, 0.2) is 61.1 Å². The number of benzene rings is 1. The molecule has 3 aromatic heterocycles. The first-order valence-corrected chi connectivity index (χ1v) is 10.2. The summed E-state index contributed by atoms with van der Waals surface area (Å²) in [4.78, 5) is 21.2. The van der Waals surface area contributed by atoms with E-state index in [1.165, 1.54) is 12.8 Å². The van der Waals surface area contributed by atoms with E-state index in [2.05, 4.69) is 20.4 Å². The number of nitrogens with two attached hydrogens (primary N) is 1. The van der Waals surface area contributed by atoms with Crippen LogP contribution in [-0.4, -0.2) is 32.1 Å². The number of nitrogens with zero attached hydrogens (tertiary/aromatic N) is 4. The molecule has 0 spiro atoms. The lowest BCUT2D eigenvalue weighted by Crippen LogP contribution is -2.23. The van der Waals surface area contributed by atoms with Crippen molar-refractivity contribution < 1.29 is 9.53 Å². The summed E-state index contributed by atoms with van der Waals surface area (Å²) in [5.41, 5.74) is 9.41. The van der Waals surface area contributed by atoms with Crippen LogP contribution in [0.5, 0.6) is 5.75 Å². The van der Waals surface area contributed by atoms with Crippen molar-refractivity contribution in [3.05, 3.63) is 72.2 Å². The van der Waals surface area contributed by atoms with E-state index in [4.69, 9.17) is 10.5 Å². The molecule has 31 heavy (non-hydrogen) atoms. The normalized spacial score (nSPS) is 13.3. The number of para-hydroxylation sites is 1. The van der Waals surface area contributed by atoms with Gasteiger partial charge in [0.15, 0.2) is 5.65 Å². The Hall–Kier alpha value is -3.94. The van der Waals surface area contributed by atoms with E-state index in [-0.39, 0.29) is 11.9 Å². The Morgan fingerprint density at radius 3 is 2.90 bits per heavy atom. The molecule has 0 bridgehead atoms. The van der Waals surface area contributed by atoms with E-state index in [1.54, 1.807) is 23.1 Å². The number of carbonyl (C=O) groups excluding carboxylic acids is 1. The summed E-state index contributed by atoms with van der Waals surface area (Å²) < 4.78 is 7.53. The Bertz CT molecular complexity index is 1250. The molecule has 1 aromatic carbocycles. The summed E-state index contributed by atoms with van der Waals surface area (Å²) in [7, 11) is 0. The fourth-order valence-corrected chi connectivity index (χ4v) is 3.36. The summed E-state index contributed by atoms with van der Waals surface area (Å²) >= 11 is 0. The molecule has 8 nitrogen and oxygen atoms in total. The summed E-state index contributed by atoms with van der Waals surface area (Å²) in [5.74, 6) is 1.51. The molecule has 1 saturated carbocycles. The van der Waals surface area contributed by atoms with Crippen LogP contribution >= 0.6 is 0 Å². The zero-order chi connectivity index (χ0) is 21.2. The maximum Gasteiger partial charge on any atom is 0.253 e. The van der Waals surface area contributed by atoms with Gasteiger partial charge in [-0.2, -0.15) is 4.98 Å². The second kappa shape index (κ2) is 8.06. The van der Waals surface area contributed by atoms with Crippen LogP contribution < -0.4 is 15.8 Å². The van der Waals surface area contributed by atoms with E-state index in [9.17, 15) is 4.79 Å². The van der Waals surface area contributed by atoms with Crippen LogP contribution in [0.4, 0.5) is 5.95 Å². The highest BCUT2D eigenvalue weighted by Gasteiger charge is 2.22. The van der Waals surface area contributed by atoms with Gasteiger partial charge in [0.1, 0.15) is 5.75 Å². The molecule has 156 valence electrons. The van der Waals surface area contributed by atoms with E-state index in [1.807, 2.05) is 42.5 Å². The molecule has 0 aliphatic heterocycles. The molecule has 1 aliphatic rings. The monoisotopic (exact) mass is 414 g/mol. The second-order valence-corrected chi connectivity index (χ2v) is 7.70. The molecule has 3 N–H and O–H groups in total. The third kappa shape index (κ3) is 4.32. The largest absolute Gasteiger partial charge is 0.493 e. The van der Waals surface area contributed by atoms with Gasteiger partial charge >= 0.3 is 0 Å². The van der Waals surface area contributed by atoms with E-state index in [0.717, 1.165) is 29.0 Å². The van der Waals surface area contributed by atoms with Crippen molar-refractivity contribution in [3.63, 3.8) is 0 Å². The zero-order valence-electron chi connectivity index (χ0n) is 16.9. The number of anilines is 1. The Labute approximate surface area is 179 Å². The molecule has 0 saturated heterocycles. The molecule has 4 aromatic rings. The number of ether oxygens (including phenoxy) is 1. The lowest BCUT2D eigenvalue weighted by molar-refractivity contribution is 0.0950. The molecule has 0 radical (unpaired) electrons. The number of fused-ring (bicyclic) bond motifs is 1. The molecular formula is C23H22N6O2. The summed E-state index contributed by atoms with van der Waals surface area (Å²) in [6.07, 6.45) is 7.52. The highest BCUT2D eigenvalue weighted by Crippen LogP contribution is 2.30. The van der Waals surface area contributed by atoms with Crippen molar-refractivity contribution in [2.45, 2.75) is 19.4 Å². The number of aromatic nitrogens is 4. The number of nitrogen functional groups attached to an aromatic ring is 1. The maximum atomic E-state index is 12.8. The number of carbonyl (C=O) groups is 1. The van der Waals surface area contributed by atoms with Gasteiger partial charge in [-0.05, 0) is 48.6 Å². The van der Waals surface area contributed by atoms with E-state index in [0.29, 0.717) is 23.7 Å². The highest BCUT2D eigenvalue weighted by atomic mass is 16.5. The Morgan fingerprint density at radius 1 is 1.16 bits per heavy atom. The smallest absolute Gasteiger partial charge is 0.253 e. The quantitative estimate of drug-likeness (QED) is 0.481. The van der Waals surface area contributed by atoms with Gasteiger partial charge in [0, 0.05) is 36.3 Å². The van der Waals surface area contributed by atoms with E-state index >= 15 is 0 Å². The second-order valence-electron chi connectivity index (χ2n) is 7.70. The van der Waals surface area contributed by atoms with Crippen molar-refractivity contribution in [2.24, 2.45) is 5.92 Å². The lowest BCUT2D eigenvalue weighted by Gasteiger charge is -2.12. The maximum absolute atomic E-state index is 12.8. The molecule has 5 rings (SSSR count). The molecule has 0 atom stereocenters. The Morgan fingerprint density at radius 2 is 2.03 bits per heavy atom. The van der Waals surface area contributed by atoms with Gasteiger partial charge in [-0.1, -0.05) is 18.2 Å². The minimum absolute atomic E-state index is 0.195. The SMILES string of the molecule is Nc1nc2cc(-c3cncc(C(=O)NCc4ccccc4OCC4CC4)c3)ccn2n1. The first-order chi connectivity index (χ1) is 15.2. The minimum Gasteiger partial charge on any atom is -0.493 e. The highest BCUT2D eigenvalue weighted by molar-refractivity contribution is 5.95. The predicted molar refractivity (Wildman–Crippen MR) is 116 cm³/mol. The fourth-order valence-electron chi connectivity index (χ4n) is 3.36. The molecule has 1 amide bonds. The van der Waals surface area contributed by atoms with Gasteiger partial charge in [0.25, 0.3) is 5.91 Å². The van der Waals surface area contributed by atoms with Gasteiger partial charge in [0.2, 0.25) is 5.95 Å². The fraction of sp³-hybridized carbons (Fsp3) is 0.217. The van der Waals surface area contributed by atoms with Crippen molar-refractivity contribution in [3.8, 4) is 16.9 Å². The number of hydrogen-bond donors (Lipinski definition) is 2. The van der Waals surface area contributed by atoms with Crippen molar-refractivity contribution in [1.29, 1.82) is 0 Å². The lowest BCUT2D eigenvalue weighted by atomic mass is 10.1. The molecule has 1 fully saturated rings. The van der Waals surface area contributed by atoms with Crippen LogP contribution in [0.2, 0.25) is 0 Å². The molecule has 3 heterocycles. The predicted octanol–water partition coefficient (Wildman–Crippen LogP) is 3.09. The van der Waals surface area contributed by atoms with Gasteiger partial charge < -0.3 is 15.8 Å². The number of pyridine rings is 2. The van der Waals surface area contributed by atoms with Gasteiger partial charge in [-0.15, -0.1) is 5.10 Å². The van der Waals surface area contributed by atoms with Crippen molar-refractivity contribution in [1.82, 2.24) is 24.9 Å². The van der Waals surface area contributed by atoms with Gasteiger partial charge in [-0.25, -0.2) is 4.52 Å². The topological polar surface area (TPSA) is 107 Å². The number of amides is 1. The standard InChI is InChI=1S/C23H22N6O2/c24-23-27-21-10-16(7-8-29(21)28-23)18-9-19(12-25-11-18)22(30)26-13-17-3-1-2-4-20(17)31-14-15-5-6-15/h1-4,7-12,15H,5-6,13-14H2,(H2,24,28)(H,26,30). The van der Waals surface area contributed by atoms with Gasteiger partial charge in [0.05, 0.1) is 12.2 Å². The average molecular weight is 414 g/mol. The van der Waals surface area contributed by atoms with Crippen LogP contribution in [0.1, 0.15) is 28.8 Å². The zero-order valence-corrected chi connectivity index (χ0v) is 16.9. The third-order valence-corrected chi connectivity index (χ3v) is 5.27. The summed E-state index contributed by atoms with van der Waals surface area (Å²) in [6.45, 7) is 1.12. The first kappa shape index (κ1) is 19.0. The number of rotatable bonds is 7. The van der Waals surface area contributed by atoms with Crippen LogP contribution in [0.3, 0.4) is 0 Å². The number of nitrogens with one attached hydrogen (secondary N) is 1.